The fourth-order valence-electron chi connectivity index (χ4n) is 0.385. The quantitative estimate of drug-likeness (QED) is 0.379. The molecule has 0 aliphatic heterocycles. The van der Waals surface area contributed by atoms with E-state index >= 15 is 0 Å². The van der Waals surface area contributed by atoms with E-state index in [1.54, 1.807) is 0 Å². The van der Waals surface area contributed by atoms with Gasteiger partial charge in [0.05, 0.1) is 6.61 Å². The molecule has 0 fully saturated rings. The molecule has 0 amide bonds. The van der Waals surface area contributed by atoms with Crippen LogP contribution in [0.15, 0.2) is 11.8 Å². The van der Waals surface area contributed by atoms with Crippen LogP contribution in [0.2, 0.25) is 13.1 Å². The summed E-state index contributed by atoms with van der Waals surface area (Å²) in [7, 11) is -0.613. The van der Waals surface area contributed by atoms with Crippen molar-refractivity contribution in [1.82, 2.24) is 0 Å². The maximum atomic E-state index is 5.29. The number of hydrogen-bond acceptors (Lipinski definition) is 2. The Hall–Kier alpha value is -0.723. The van der Waals surface area contributed by atoms with Gasteiger partial charge >= 0.3 is 0 Å². The lowest BCUT2D eigenvalue weighted by Gasteiger charge is -1.98. The van der Waals surface area contributed by atoms with Crippen molar-refractivity contribution in [2.24, 2.45) is 0 Å². The molecule has 1 radical (unpaired) electrons. The summed E-state index contributed by atoms with van der Waals surface area (Å²) in [6, 6.07) is 0. The number of ether oxygens (including phenoxy) is 1. The van der Waals surface area contributed by atoms with Gasteiger partial charge in [-0.1, -0.05) is 0 Å². The standard InChI is InChI=1S/C9H15O2Si/c1-5-9(2)10-7-6-8-11-12(3)4/h5H,8H2,1-4H3/b9-5-. The summed E-state index contributed by atoms with van der Waals surface area (Å²) in [6.45, 7) is 8.39. The van der Waals surface area contributed by atoms with Gasteiger partial charge in [0, 0.05) is 0 Å². The normalized spacial score (nSPS) is 10.9. The first kappa shape index (κ1) is 11.3. The maximum Gasteiger partial charge on any atom is 0.206 e. The first-order valence-corrected chi connectivity index (χ1v) is 6.28. The van der Waals surface area contributed by atoms with Crippen molar-refractivity contribution in [1.29, 1.82) is 0 Å². The minimum absolute atomic E-state index is 0.471. The van der Waals surface area contributed by atoms with Crippen molar-refractivity contribution in [3.05, 3.63) is 11.8 Å². The third kappa shape index (κ3) is 7.38. The van der Waals surface area contributed by atoms with Crippen molar-refractivity contribution in [2.75, 3.05) is 6.61 Å². The number of hydrogen-bond donors (Lipinski definition) is 0. The minimum atomic E-state index is -0.613. The van der Waals surface area contributed by atoms with E-state index in [4.69, 9.17) is 9.16 Å². The van der Waals surface area contributed by atoms with Crippen molar-refractivity contribution in [3.8, 4) is 12.0 Å². The molecule has 0 rings (SSSR count). The zero-order valence-corrected chi connectivity index (χ0v) is 9.10. The Morgan fingerprint density at radius 2 is 2.17 bits per heavy atom. The molecule has 0 N–H and O–H groups in total. The van der Waals surface area contributed by atoms with E-state index in [-0.39, 0.29) is 0 Å². The van der Waals surface area contributed by atoms with Gasteiger partial charge in [0.15, 0.2) is 0 Å². The summed E-state index contributed by atoms with van der Waals surface area (Å²) < 4.78 is 10.3. The summed E-state index contributed by atoms with van der Waals surface area (Å²) in [6.07, 6.45) is 4.43. The zero-order chi connectivity index (χ0) is 9.40. The summed E-state index contributed by atoms with van der Waals surface area (Å²) in [5, 5.41) is 0. The first-order chi connectivity index (χ1) is 5.66. The van der Waals surface area contributed by atoms with Crippen molar-refractivity contribution in [2.45, 2.75) is 26.9 Å². The van der Waals surface area contributed by atoms with E-state index in [1.807, 2.05) is 19.9 Å². The number of rotatable bonds is 3. The van der Waals surface area contributed by atoms with Gasteiger partial charge in [0.2, 0.25) is 9.04 Å². The van der Waals surface area contributed by atoms with E-state index in [9.17, 15) is 0 Å². The molecule has 3 heteroatoms. The second-order valence-electron chi connectivity index (χ2n) is 2.48. The fraction of sp³-hybridized carbons (Fsp3) is 0.556. The summed E-state index contributed by atoms with van der Waals surface area (Å²) >= 11 is 0. The van der Waals surface area contributed by atoms with Crippen LogP contribution in [0.5, 0.6) is 0 Å². The SMILES string of the molecule is C/C=C(/C)OC#CCO[Si](C)C. The lowest BCUT2D eigenvalue weighted by molar-refractivity contribution is 0.367. The molecule has 0 saturated heterocycles. The Kier molecular flexibility index (Phi) is 6.54. The molecular formula is C9H15O2Si. The second-order valence-corrected chi connectivity index (χ2v) is 4.58. The van der Waals surface area contributed by atoms with Gasteiger partial charge in [-0.25, -0.2) is 0 Å². The molecule has 0 aromatic rings. The van der Waals surface area contributed by atoms with Gasteiger partial charge in [0.1, 0.15) is 11.9 Å². The third-order valence-corrected chi connectivity index (χ3v) is 1.85. The fourth-order valence-corrected chi connectivity index (χ4v) is 0.746. The predicted molar refractivity (Wildman–Crippen MR) is 51.7 cm³/mol. The highest BCUT2D eigenvalue weighted by atomic mass is 28.3. The highest BCUT2D eigenvalue weighted by molar-refractivity contribution is 6.48. The summed E-state index contributed by atoms with van der Waals surface area (Å²) in [5.41, 5.74) is 0. The van der Waals surface area contributed by atoms with Crippen LogP contribution in [0.25, 0.3) is 0 Å². The Morgan fingerprint density at radius 3 is 2.67 bits per heavy atom. The second kappa shape index (κ2) is 6.95. The Bertz CT molecular complexity index is 198. The van der Waals surface area contributed by atoms with E-state index in [1.165, 1.54) is 0 Å². The molecule has 0 aromatic carbocycles. The molecule has 67 valence electrons. The van der Waals surface area contributed by atoms with Crippen molar-refractivity contribution in [3.63, 3.8) is 0 Å². The van der Waals surface area contributed by atoms with Crippen LogP contribution in [-0.4, -0.2) is 15.6 Å². The maximum absolute atomic E-state index is 5.29. The zero-order valence-electron chi connectivity index (χ0n) is 8.10. The molecule has 0 aliphatic carbocycles. The lowest BCUT2D eigenvalue weighted by atomic mass is 10.5. The predicted octanol–water partition coefficient (Wildman–Crippen LogP) is 2.16. The smallest absolute Gasteiger partial charge is 0.206 e. The van der Waals surface area contributed by atoms with E-state index in [0.717, 1.165) is 5.76 Å². The Labute approximate surface area is 76.3 Å². The highest BCUT2D eigenvalue weighted by Gasteiger charge is 1.91. The van der Waals surface area contributed by atoms with Gasteiger partial charge in [-0.2, -0.15) is 0 Å². The molecule has 0 bridgehead atoms. The molecular weight excluding hydrogens is 168 g/mol. The van der Waals surface area contributed by atoms with Crippen LogP contribution in [0.3, 0.4) is 0 Å². The van der Waals surface area contributed by atoms with Crippen LogP contribution >= 0.6 is 0 Å². The van der Waals surface area contributed by atoms with Crippen LogP contribution in [-0.2, 0) is 9.16 Å². The van der Waals surface area contributed by atoms with Gasteiger partial charge < -0.3 is 9.16 Å². The molecule has 12 heavy (non-hydrogen) atoms. The van der Waals surface area contributed by atoms with Gasteiger partial charge in [-0.05, 0) is 38.9 Å². The van der Waals surface area contributed by atoms with Crippen LogP contribution in [0.4, 0.5) is 0 Å². The third-order valence-electron chi connectivity index (χ3n) is 1.12. The topological polar surface area (TPSA) is 18.5 Å². The van der Waals surface area contributed by atoms with E-state index in [0.29, 0.717) is 6.61 Å². The van der Waals surface area contributed by atoms with Crippen LogP contribution in [0.1, 0.15) is 13.8 Å². The van der Waals surface area contributed by atoms with E-state index in [2.05, 4.69) is 25.1 Å². The van der Waals surface area contributed by atoms with Crippen LogP contribution in [0, 0.1) is 12.0 Å². The molecule has 0 aliphatic rings. The molecule has 0 aromatic heterocycles. The van der Waals surface area contributed by atoms with Crippen LogP contribution < -0.4 is 0 Å². The minimum Gasteiger partial charge on any atom is -0.413 e. The molecule has 0 saturated carbocycles. The van der Waals surface area contributed by atoms with E-state index < -0.39 is 9.04 Å². The Morgan fingerprint density at radius 1 is 1.50 bits per heavy atom. The highest BCUT2D eigenvalue weighted by Crippen LogP contribution is 1.91. The molecule has 0 heterocycles. The average Bonchev–Trinajstić information content (AvgIpc) is 2.03. The molecule has 0 spiro atoms. The lowest BCUT2D eigenvalue weighted by Crippen LogP contribution is -2.07. The first-order valence-electron chi connectivity index (χ1n) is 3.87. The number of allylic oxidation sites excluding steroid dienone is 2. The monoisotopic (exact) mass is 183 g/mol. The van der Waals surface area contributed by atoms with Crippen molar-refractivity contribution >= 4 is 9.04 Å². The largest absolute Gasteiger partial charge is 0.413 e. The molecule has 2 nitrogen and oxygen atoms in total. The summed E-state index contributed by atoms with van der Waals surface area (Å²) in [5.74, 6) is 3.59. The van der Waals surface area contributed by atoms with Crippen molar-refractivity contribution < 1.29 is 9.16 Å². The van der Waals surface area contributed by atoms with Gasteiger partial charge in [-0.15, -0.1) is 0 Å². The van der Waals surface area contributed by atoms with Gasteiger partial charge in [0.25, 0.3) is 0 Å². The van der Waals surface area contributed by atoms with Gasteiger partial charge in [-0.3, -0.25) is 0 Å². The molecule has 0 unspecified atom stereocenters. The average molecular weight is 183 g/mol. The summed E-state index contributed by atoms with van der Waals surface area (Å²) in [4.78, 5) is 0. The molecule has 0 atom stereocenters. The Balaban J connectivity index is 3.48.